The molecule has 0 amide bonds. The van der Waals surface area contributed by atoms with Crippen molar-refractivity contribution in [2.75, 3.05) is 6.61 Å². The Bertz CT molecular complexity index is 78.2. The predicted octanol–water partition coefficient (Wildman–Crippen LogP) is -2.23. The fourth-order valence-electron chi connectivity index (χ4n) is 0.0781. The van der Waals surface area contributed by atoms with Crippen LogP contribution in [0.3, 0.4) is 0 Å². The van der Waals surface area contributed by atoms with Gasteiger partial charge in [0.1, 0.15) is 0 Å². The summed E-state index contributed by atoms with van der Waals surface area (Å²) in [6.45, 7) is -0.727. The van der Waals surface area contributed by atoms with Crippen molar-refractivity contribution in [3.05, 3.63) is 0 Å². The number of carboxylic acids is 1. The molecule has 9 heavy (non-hydrogen) atoms. The maximum Gasteiger partial charge on any atom is 0 e. The zero-order valence-corrected chi connectivity index (χ0v) is 6.49. The number of aliphatic hydroxyl groups excluding tert-OH is 2. The minimum absolute atomic E-state index is 0. The van der Waals surface area contributed by atoms with E-state index in [1.54, 1.807) is 0 Å². The van der Waals surface area contributed by atoms with Gasteiger partial charge in [-0.2, -0.15) is 0 Å². The van der Waals surface area contributed by atoms with Crippen LogP contribution in [0.1, 0.15) is 0 Å². The van der Waals surface area contributed by atoms with E-state index < -0.39 is 18.7 Å². The van der Waals surface area contributed by atoms with Gasteiger partial charge in [-0.05, 0) is 0 Å². The Morgan fingerprint density at radius 3 is 1.89 bits per heavy atom. The molecule has 0 radical (unpaired) electrons. The third-order valence-electron chi connectivity index (χ3n) is 0.458. The maximum absolute atomic E-state index is 9.52. The van der Waals surface area contributed by atoms with Gasteiger partial charge in [0.25, 0.3) is 0 Å². The molecule has 48 valence electrons. The number of hydrogen-bond donors (Lipinski definition) is 3. The van der Waals surface area contributed by atoms with E-state index in [0.29, 0.717) is 0 Å². The fraction of sp³-hybridized carbons (Fsp3) is 0.667. The topological polar surface area (TPSA) is 77.8 Å². The number of carbonyl (C=O) groups is 1. The smallest absolute Gasteiger partial charge is 0 e. The first-order valence-corrected chi connectivity index (χ1v) is 1.70. The van der Waals surface area contributed by atoms with Crippen LogP contribution in [0, 0.1) is 0 Å². The molecule has 0 aromatic carbocycles. The summed E-state index contributed by atoms with van der Waals surface area (Å²) in [6.07, 6.45) is -1.63. The Hall–Kier alpha value is 1.27. The van der Waals surface area contributed by atoms with Crippen LogP contribution in [0.15, 0.2) is 0 Å². The molecule has 0 fully saturated rings. The average Bonchev–Trinajstić information content (AvgIpc) is 1.65. The van der Waals surface area contributed by atoms with E-state index in [1.165, 1.54) is 0 Å². The van der Waals surface area contributed by atoms with Crippen molar-refractivity contribution in [2.24, 2.45) is 0 Å². The molecule has 1 atom stereocenters. The minimum Gasteiger partial charge on any atom is 0 e. The Balaban J connectivity index is -0.000000180. The summed E-state index contributed by atoms with van der Waals surface area (Å²) in [4.78, 5) is 9.52. The molecule has 0 rings (SSSR count). The van der Waals surface area contributed by atoms with Gasteiger partial charge in [-0.1, -0.05) is 0 Å². The summed E-state index contributed by atoms with van der Waals surface area (Å²) in [7, 11) is 0. The van der Waals surface area contributed by atoms with E-state index in [4.69, 9.17) is 15.3 Å². The van der Waals surface area contributed by atoms with Crippen molar-refractivity contribution < 1.29 is 46.3 Å². The van der Waals surface area contributed by atoms with E-state index in [2.05, 4.69) is 0 Å². The van der Waals surface area contributed by atoms with E-state index in [1.807, 2.05) is 0 Å². The third-order valence-corrected chi connectivity index (χ3v) is 0.458. The van der Waals surface area contributed by atoms with Gasteiger partial charge in [-0.15, -0.1) is 0 Å². The number of aliphatic carboxylic acids is 1. The third kappa shape index (κ3) is 9.27. The molecule has 0 saturated carbocycles. The number of hydrogen-bond acceptors (Lipinski definition) is 3. The van der Waals surface area contributed by atoms with Crippen LogP contribution in [0.5, 0.6) is 0 Å². The van der Waals surface area contributed by atoms with E-state index >= 15 is 0 Å². The van der Waals surface area contributed by atoms with Crippen LogP contribution in [0.25, 0.3) is 0 Å². The van der Waals surface area contributed by atoms with Gasteiger partial charge in [-0.25, -0.2) is 4.79 Å². The SMILES string of the molecule is O=C(O)C(O)CO.[NaH].[Zr]. The molecule has 0 saturated heterocycles. The number of aliphatic hydroxyl groups is 2. The van der Waals surface area contributed by atoms with Crippen molar-refractivity contribution >= 4 is 35.5 Å². The summed E-state index contributed by atoms with van der Waals surface area (Å²) in [5.74, 6) is -1.40. The summed E-state index contributed by atoms with van der Waals surface area (Å²) < 4.78 is 0. The first-order valence-electron chi connectivity index (χ1n) is 1.70. The normalized spacial score (nSPS) is 10.4. The van der Waals surface area contributed by atoms with Gasteiger partial charge in [0.2, 0.25) is 0 Å². The molecule has 0 aromatic heterocycles. The van der Waals surface area contributed by atoms with E-state index in [9.17, 15) is 4.79 Å². The van der Waals surface area contributed by atoms with Gasteiger partial charge in [-0.3, -0.25) is 0 Å². The molecule has 0 aliphatic rings. The van der Waals surface area contributed by atoms with Crippen molar-refractivity contribution in [3.63, 3.8) is 0 Å². The van der Waals surface area contributed by atoms with Crippen LogP contribution in [0.2, 0.25) is 0 Å². The number of rotatable bonds is 2. The quantitative estimate of drug-likeness (QED) is 0.461. The van der Waals surface area contributed by atoms with Crippen LogP contribution in [-0.2, 0) is 31.0 Å². The van der Waals surface area contributed by atoms with Gasteiger partial charge in [0.15, 0.2) is 6.10 Å². The monoisotopic (exact) mass is 220 g/mol. The van der Waals surface area contributed by atoms with Crippen LogP contribution >= 0.6 is 0 Å². The van der Waals surface area contributed by atoms with E-state index in [0.717, 1.165) is 0 Å². The van der Waals surface area contributed by atoms with Gasteiger partial charge in [0, 0.05) is 26.2 Å². The largest absolute Gasteiger partial charge is 0 e. The van der Waals surface area contributed by atoms with Crippen molar-refractivity contribution in [1.82, 2.24) is 0 Å². The molecular weight excluding hydrogens is 214 g/mol. The average molecular weight is 221 g/mol. The minimum atomic E-state index is -1.63. The second-order valence-electron chi connectivity index (χ2n) is 1.04. The summed E-state index contributed by atoms with van der Waals surface area (Å²) in [5, 5.41) is 23.7. The van der Waals surface area contributed by atoms with Gasteiger partial charge < -0.3 is 15.3 Å². The molecule has 3 N–H and O–H groups in total. The zero-order chi connectivity index (χ0) is 5.86. The first-order chi connectivity index (χ1) is 3.18. The molecule has 0 aliphatic carbocycles. The van der Waals surface area contributed by atoms with Crippen molar-refractivity contribution in [1.29, 1.82) is 0 Å². The zero-order valence-electron chi connectivity index (χ0n) is 4.03. The summed E-state index contributed by atoms with van der Waals surface area (Å²) in [5.41, 5.74) is 0. The Morgan fingerprint density at radius 1 is 1.56 bits per heavy atom. The van der Waals surface area contributed by atoms with Crippen LogP contribution in [-0.4, -0.2) is 63.6 Å². The van der Waals surface area contributed by atoms with Crippen molar-refractivity contribution in [3.8, 4) is 0 Å². The van der Waals surface area contributed by atoms with Gasteiger partial charge >= 0.3 is 35.5 Å². The fourth-order valence-corrected chi connectivity index (χ4v) is 0.0781. The molecule has 0 heterocycles. The Kier molecular flexibility index (Phi) is 17.2. The Labute approximate surface area is 93.7 Å². The first kappa shape index (κ1) is 16.7. The Morgan fingerprint density at radius 2 is 1.89 bits per heavy atom. The molecule has 0 spiro atoms. The molecule has 4 nitrogen and oxygen atoms in total. The standard InChI is InChI=1S/C3H6O4.Na.Zr.H/c4-1-2(5)3(6)7;;;/h2,4-5H,1H2,(H,6,7);;;. The molecule has 0 aromatic rings. The molecule has 1 unspecified atom stereocenters. The molecule has 6 heteroatoms. The summed E-state index contributed by atoms with van der Waals surface area (Å²) in [6, 6.07) is 0. The second kappa shape index (κ2) is 9.27. The second-order valence-corrected chi connectivity index (χ2v) is 1.04. The van der Waals surface area contributed by atoms with Gasteiger partial charge in [0.05, 0.1) is 6.61 Å². The number of carboxylic acid groups (broad SMARTS) is 1. The van der Waals surface area contributed by atoms with E-state index in [-0.39, 0.29) is 55.8 Å². The molecule has 0 aliphatic heterocycles. The molecular formula is C3H7NaO4Zr. The van der Waals surface area contributed by atoms with Crippen LogP contribution in [0.4, 0.5) is 0 Å². The molecule has 0 bridgehead atoms. The predicted molar refractivity (Wildman–Crippen MR) is 27.9 cm³/mol. The maximum atomic E-state index is 9.52. The summed E-state index contributed by atoms with van der Waals surface area (Å²) >= 11 is 0. The van der Waals surface area contributed by atoms with Crippen LogP contribution < -0.4 is 0 Å². The van der Waals surface area contributed by atoms with Crippen molar-refractivity contribution in [2.45, 2.75) is 6.10 Å².